The minimum absolute atomic E-state index is 0.178. The average Bonchev–Trinajstić information content (AvgIpc) is 0.871. The van der Waals surface area contributed by atoms with Gasteiger partial charge in [0.1, 0.15) is 73.2 Å². The molecule has 3 aliphatic rings. The second-order valence-electron chi connectivity index (χ2n) is 23.6. The largest absolute Gasteiger partial charge is 0.394 e. The number of carbonyl (C=O) groups is 1. The van der Waals surface area contributed by atoms with Gasteiger partial charge in [0.2, 0.25) is 5.91 Å². The highest BCUT2D eigenvalue weighted by molar-refractivity contribution is 5.76. The molecule has 518 valence electrons. The van der Waals surface area contributed by atoms with Crippen LogP contribution in [0.15, 0.2) is 134 Å². The number of aliphatic hydroxyl groups is 11. The molecule has 3 fully saturated rings. The van der Waals surface area contributed by atoms with E-state index < -0.39 is 124 Å². The fourth-order valence-corrected chi connectivity index (χ4v) is 10.5. The van der Waals surface area contributed by atoms with Gasteiger partial charge in [0.25, 0.3) is 0 Å². The second kappa shape index (κ2) is 52.2. The summed E-state index contributed by atoms with van der Waals surface area (Å²) < 4.78 is 34.2. The predicted molar refractivity (Wildman–Crippen MR) is 355 cm³/mol. The van der Waals surface area contributed by atoms with Crippen LogP contribution in [0.4, 0.5) is 0 Å². The van der Waals surface area contributed by atoms with Crippen molar-refractivity contribution in [3.63, 3.8) is 0 Å². The highest BCUT2D eigenvalue weighted by atomic mass is 16.8. The molecule has 1 amide bonds. The molecule has 19 nitrogen and oxygen atoms in total. The summed E-state index contributed by atoms with van der Waals surface area (Å²) in [6, 6.07) is -1.01. The van der Waals surface area contributed by atoms with Crippen LogP contribution in [0.25, 0.3) is 0 Å². The third kappa shape index (κ3) is 34.3. The van der Waals surface area contributed by atoms with Crippen LogP contribution in [0.1, 0.15) is 181 Å². The van der Waals surface area contributed by atoms with E-state index in [1.165, 1.54) is 51.4 Å². The number of ether oxygens (including phenoxy) is 6. The van der Waals surface area contributed by atoms with Crippen LogP contribution in [-0.2, 0) is 33.2 Å². The Bertz CT molecular complexity index is 2170. The van der Waals surface area contributed by atoms with Crippen molar-refractivity contribution in [1.82, 2.24) is 5.32 Å². The molecule has 19 heteroatoms. The number of carbonyl (C=O) groups excluding carboxylic acids is 1. The van der Waals surface area contributed by atoms with Crippen molar-refractivity contribution >= 4 is 5.91 Å². The molecule has 0 radical (unpaired) electrons. The van der Waals surface area contributed by atoms with Gasteiger partial charge < -0.3 is 89.9 Å². The molecule has 3 saturated heterocycles. The first-order chi connectivity index (χ1) is 44.3. The number of nitrogens with one attached hydrogen (secondary N) is 1. The van der Waals surface area contributed by atoms with E-state index >= 15 is 0 Å². The van der Waals surface area contributed by atoms with Crippen molar-refractivity contribution in [3.05, 3.63) is 134 Å². The van der Waals surface area contributed by atoms with Crippen LogP contribution in [0, 0.1) is 0 Å². The minimum atomic E-state index is -1.99. The molecule has 0 aromatic carbocycles. The van der Waals surface area contributed by atoms with Gasteiger partial charge in [-0.15, -0.1) is 0 Å². The van der Waals surface area contributed by atoms with Crippen molar-refractivity contribution in [2.24, 2.45) is 0 Å². The first kappa shape index (κ1) is 81.2. The third-order valence-corrected chi connectivity index (χ3v) is 16.0. The van der Waals surface area contributed by atoms with Crippen LogP contribution in [0.3, 0.4) is 0 Å². The Morgan fingerprint density at radius 1 is 0.407 bits per heavy atom. The molecule has 91 heavy (non-hydrogen) atoms. The number of hydrogen-bond donors (Lipinski definition) is 12. The Morgan fingerprint density at radius 2 is 0.758 bits per heavy atom. The fourth-order valence-electron chi connectivity index (χ4n) is 10.5. The number of allylic oxidation sites excluding steroid dienone is 21. The minimum Gasteiger partial charge on any atom is -0.394 e. The van der Waals surface area contributed by atoms with Gasteiger partial charge in [-0.2, -0.15) is 0 Å². The normalized spacial score (nSPS) is 28.7. The van der Waals surface area contributed by atoms with E-state index in [4.69, 9.17) is 28.4 Å². The average molecular weight is 1280 g/mol. The van der Waals surface area contributed by atoms with Crippen molar-refractivity contribution < 1.29 is 89.4 Å². The standard InChI is InChI=1S/C72H117NO18/c1-3-5-7-9-11-13-15-17-18-19-20-21-22-23-24-25-26-27-28-29-30-31-32-33-34-35-36-38-40-42-44-46-48-50-60(78)73-55(56(77)49-47-45-43-41-39-37-16-14-12-10-8-6-4-2)54-86-70-66(84)63(81)68(58(52-75)88-70)91-72-67(85)64(82)69(59(53-76)89-72)90-71-65(83)62(80)61(79)57(51-74)87-71/h5,7,11,13,17-18,20-21,23-24,26-27,29-30,32-33,35-36,40,42,47,49,55-59,61-72,74-77,79-85H,3-4,6,8-10,12,14-16,19,22,25,28,31,34,37-39,41,43-46,48,50-54H2,1-2H3,(H,73,78)/b7-5-,13-11-,18-17-,21-20-,24-23-,27-26-,30-29-,33-32-,36-35-,42-40-,49-47+. The molecule has 0 aromatic heterocycles. The van der Waals surface area contributed by atoms with E-state index in [9.17, 15) is 61.0 Å². The summed E-state index contributed by atoms with van der Waals surface area (Å²) in [6.45, 7) is 1.54. The zero-order valence-corrected chi connectivity index (χ0v) is 54.5. The van der Waals surface area contributed by atoms with E-state index in [-0.39, 0.29) is 18.9 Å². The fraction of sp³-hybridized carbons (Fsp3) is 0.681. The van der Waals surface area contributed by atoms with Crippen LogP contribution >= 0.6 is 0 Å². The maximum Gasteiger partial charge on any atom is 0.220 e. The Balaban J connectivity index is 1.42. The van der Waals surface area contributed by atoms with Gasteiger partial charge in [-0.1, -0.05) is 212 Å². The zero-order chi connectivity index (χ0) is 66.1. The monoisotopic (exact) mass is 1280 g/mol. The third-order valence-electron chi connectivity index (χ3n) is 16.0. The summed E-state index contributed by atoms with van der Waals surface area (Å²) in [4.78, 5) is 13.4. The summed E-state index contributed by atoms with van der Waals surface area (Å²) in [5.74, 6) is -0.325. The number of amides is 1. The lowest BCUT2D eigenvalue weighted by Gasteiger charge is -2.48. The molecule has 3 heterocycles. The van der Waals surface area contributed by atoms with Crippen molar-refractivity contribution in [2.45, 2.75) is 285 Å². The smallest absolute Gasteiger partial charge is 0.220 e. The molecular weight excluding hydrogens is 1170 g/mol. The van der Waals surface area contributed by atoms with Crippen LogP contribution in [-0.4, -0.2) is 193 Å². The SMILES string of the molecule is CC/C=C\C/C=C\C/C=C\C/C=C\C/C=C\C/C=C\C/C=C\C/C=C\C/C=C\C/C=C\CCCCC(=O)NC(COC1OC(CO)C(OC2OC(CO)C(OC3OC(CO)C(O)C(O)C3O)C(O)C2O)C(O)C1O)C(O)/C=C/CCCCCCCCCCCCC. The lowest BCUT2D eigenvalue weighted by atomic mass is 9.96. The highest BCUT2D eigenvalue weighted by Crippen LogP contribution is 2.33. The van der Waals surface area contributed by atoms with Gasteiger partial charge in [-0.05, 0) is 96.3 Å². The molecular formula is C72H117NO18. The molecule has 12 N–H and O–H groups in total. The molecule has 0 aromatic rings. The molecule has 17 unspecified atom stereocenters. The summed E-state index contributed by atoms with van der Waals surface area (Å²) >= 11 is 0. The summed E-state index contributed by atoms with van der Waals surface area (Å²) in [5.41, 5.74) is 0. The summed E-state index contributed by atoms with van der Waals surface area (Å²) in [7, 11) is 0. The number of unbranched alkanes of at least 4 members (excludes halogenated alkanes) is 13. The number of hydrogen-bond acceptors (Lipinski definition) is 18. The van der Waals surface area contributed by atoms with Gasteiger partial charge in [-0.3, -0.25) is 4.79 Å². The number of rotatable bonds is 49. The first-order valence-electron chi connectivity index (χ1n) is 33.9. The Hall–Kier alpha value is -4.07. The van der Waals surface area contributed by atoms with Crippen molar-refractivity contribution in [1.29, 1.82) is 0 Å². The molecule has 17 atom stereocenters. The van der Waals surface area contributed by atoms with E-state index in [2.05, 4.69) is 141 Å². The zero-order valence-electron chi connectivity index (χ0n) is 54.5. The van der Waals surface area contributed by atoms with E-state index in [0.29, 0.717) is 6.42 Å². The molecule has 3 aliphatic heterocycles. The van der Waals surface area contributed by atoms with Gasteiger partial charge in [-0.25, -0.2) is 0 Å². The molecule has 0 spiro atoms. The molecule has 0 bridgehead atoms. The highest BCUT2D eigenvalue weighted by Gasteiger charge is 2.53. The maximum absolute atomic E-state index is 13.4. The summed E-state index contributed by atoms with van der Waals surface area (Å²) in [6.07, 6.45) is 45.8. The quantitative estimate of drug-likeness (QED) is 0.0200. The van der Waals surface area contributed by atoms with Crippen LogP contribution in [0.5, 0.6) is 0 Å². The van der Waals surface area contributed by atoms with E-state index in [1.807, 2.05) is 6.08 Å². The molecule has 3 rings (SSSR count). The Kier molecular flexibility index (Phi) is 46.6. The molecule has 0 saturated carbocycles. The van der Waals surface area contributed by atoms with Crippen molar-refractivity contribution in [3.8, 4) is 0 Å². The topological polar surface area (TPSA) is 307 Å². The van der Waals surface area contributed by atoms with E-state index in [1.54, 1.807) is 6.08 Å². The number of aliphatic hydroxyl groups excluding tert-OH is 11. The summed E-state index contributed by atoms with van der Waals surface area (Å²) in [5, 5.41) is 120. The van der Waals surface area contributed by atoms with Gasteiger partial charge in [0, 0.05) is 6.42 Å². The first-order valence-corrected chi connectivity index (χ1v) is 33.9. The Labute approximate surface area is 543 Å². The van der Waals surface area contributed by atoms with Gasteiger partial charge in [0.05, 0.1) is 38.6 Å². The van der Waals surface area contributed by atoms with Crippen LogP contribution in [0.2, 0.25) is 0 Å². The lowest BCUT2D eigenvalue weighted by Crippen LogP contribution is -2.66. The predicted octanol–water partition coefficient (Wildman–Crippen LogP) is 8.60. The lowest BCUT2D eigenvalue weighted by molar-refractivity contribution is -0.379. The Morgan fingerprint density at radius 3 is 1.19 bits per heavy atom. The van der Waals surface area contributed by atoms with E-state index in [0.717, 1.165) is 103 Å². The second-order valence-corrected chi connectivity index (χ2v) is 23.6. The maximum atomic E-state index is 13.4. The van der Waals surface area contributed by atoms with Gasteiger partial charge >= 0.3 is 0 Å². The van der Waals surface area contributed by atoms with Crippen molar-refractivity contribution in [2.75, 3.05) is 26.4 Å². The van der Waals surface area contributed by atoms with Gasteiger partial charge in [0.15, 0.2) is 18.9 Å². The van der Waals surface area contributed by atoms with Crippen LogP contribution < -0.4 is 5.32 Å². The molecule has 0 aliphatic carbocycles.